The molecular formula is C21H38N2O. The quantitative estimate of drug-likeness (QED) is 0.518. The van der Waals surface area contributed by atoms with Gasteiger partial charge in [-0.2, -0.15) is 0 Å². The lowest BCUT2D eigenvalue weighted by Crippen LogP contribution is -2.57. The predicted molar refractivity (Wildman–Crippen MR) is 99.7 cm³/mol. The molecule has 0 aromatic heterocycles. The van der Waals surface area contributed by atoms with Crippen molar-refractivity contribution in [1.29, 1.82) is 0 Å². The topological polar surface area (TPSA) is 55.1 Å². The fourth-order valence-electron chi connectivity index (χ4n) is 6.61. The summed E-state index contributed by atoms with van der Waals surface area (Å²) in [4.78, 5) is 11.6. The molecule has 0 aromatic carbocycles. The van der Waals surface area contributed by atoms with Crippen molar-refractivity contribution >= 4 is 6.03 Å². The third-order valence-electron chi connectivity index (χ3n) is 7.24. The molecule has 2 amide bonds. The lowest BCUT2D eigenvalue weighted by Gasteiger charge is -2.59. The number of amides is 2. The molecular weight excluding hydrogens is 296 g/mol. The van der Waals surface area contributed by atoms with Crippen LogP contribution in [0.2, 0.25) is 0 Å². The summed E-state index contributed by atoms with van der Waals surface area (Å²) < 4.78 is 0. The zero-order valence-electron chi connectivity index (χ0n) is 15.7. The lowest BCUT2D eigenvalue weighted by atomic mass is 9.47. The van der Waals surface area contributed by atoms with Crippen LogP contribution < -0.4 is 11.1 Å². The zero-order chi connectivity index (χ0) is 17.0. The van der Waals surface area contributed by atoms with Crippen LogP contribution in [-0.4, -0.2) is 12.1 Å². The van der Waals surface area contributed by atoms with Crippen molar-refractivity contribution in [3.8, 4) is 0 Å². The van der Waals surface area contributed by atoms with Crippen LogP contribution in [0.1, 0.15) is 96.8 Å². The standard InChI is InChI=1S/C21H38N2O/c1-2-3-4-5-6-7-8-9-19(23-20(22)24)21-13-16-10-17(14-21)12-18(11-16)15-21/h16-19H,2-15H2,1H3,(H3,22,23,24). The zero-order valence-corrected chi connectivity index (χ0v) is 15.7. The van der Waals surface area contributed by atoms with E-state index in [0.717, 1.165) is 24.2 Å². The molecule has 3 nitrogen and oxygen atoms in total. The molecule has 4 saturated carbocycles. The second-order valence-corrected chi connectivity index (χ2v) is 9.25. The van der Waals surface area contributed by atoms with Crippen LogP contribution in [0.3, 0.4) is 0 Å². The van der Waals surface area contributed by atoms with Gasteiger partial charge in [-0.15, -0.1) is 0 Å². The molecule has 3 heteroatoms. The van der Waals surface area contributed by atoms with Crippen LogP contribution in [-0.2, 0) is 0 Å². The Morgan fingerprint density at radius 3 is 1.96 bits per heavy atom. The number of carbonyl (C=O) groups excluding carboxylic acids is 1. The van der Waals surface area contributed by atoms with Crippen molar-refractivity contribution in [3.05, 3.63) is 0 Å². The van der Waals surface area contributed by atoms with E-state index in [1.54, 1.807) is 0 Å². The van der Waals surface area contributed by atoms with Crippen molar-refractivity contribution in [2.45, 2.75) is 103 Å². The van der Waals surface area contributed by atoms with Crippen molar-refractivity contribution in [2.24, 2.45) is 28.9 Å². The molecule has 24 heavy (non-hydrogen) atoms. The molecule has 1 unspecified atom stereocenters. The fourth-order valence-corrected chi connectivity index (χ4v) is 6.61. The Morgan fingerprint density at radius 2 is 1.46 bits per heavy atom. The van der Waals surface area contributed by atoms with E-state index in [2.05, 4.69) is 12.2 Å². The molecule has 4 fully saturated rings. The summed E-state index contributed by atoms with van der Waals surface area (Å²) in [6.45, 7) is 2.27. The Kier molecular flexibility index (Phi) is 6.10. The van der Waals surface area contributed by atoms with Gasteiger partial charge in [0.25, 0.3) is 0 Å². The van der Waals surface area contributed by atoms with Crippen LogP contribution >= 0.6 is 0 Å². The molecule has 0 spiro atoms. The van der Waals surface area contributed by atoms with Crippen LogP contribution in [0.5, 0.6) is 0 Å². The number of rotatable bonds is 10. The van der Waals surface area contributed by atoms with Gasteiger partial charge in [0.2, 0.25) is 0 Å². The van der Waals surface area contributed by atoms with Crippen molar-refractivity contribution in [1.82, 2.24) is 5.32 Å². The first kappa shape index (κ1) is 18.1. The molecule has 0 aliphatic heterocycles. The smallest absolute Gasteiger partial charge is 0.312 e. The van der Waals surface area contributed by atoms with Crippen molar-refractivity contribution in [2.75, 3.05) is 0 Å². The molecule has 0 aromatic rings. The second kappa shape index (κ2) is 8.10. The van der Waals surface area contributed by atoms with E-state index < -0.39 is 0 Å². The molecule has 0 radical (unpaired) electrons. The number of carbonyl (C=O) groups is 1. The Morgan fingerprint density at radius 1 is 0.958 bits per heavy atom. The van der Waals surface area contributed by atoms with Crippen LogP contribution in [0.25, 0.3) is 0 Å². The summed E-state index contributed by atoms with van der Waals surface area (Å²) in [5, 5.41) is 3.19. The van der Waals surface area contributed by atoms with Gasteiger partial charge in [0, 0.05) is 6.04 Å². The maximum Gasteiger partial charge on any atom is 0.312 e. The van der Waals surface area contributed by atoms with E-state index in [1.807, 2.05) is 0 Å². The molecule has 4 aliphatic carbocycles. The van der Waals surface area contributed by atoms with Crippen LogP contribution in [0.4, 0.5) is 4.79 Å². The fraction of sp³-hybridized carbons (Fsp3) is 0.952. The minimum atomic E-state index is -0.307. The largest absolute Gasteiger partial charge is 0.352 e. The van der Waals surface area contributed by atoms with Gasteiger partial charge in [-0.05, 0) is 68.1 Å². The predicted octanol–water partition coefficient (Wildman–Crippen LogP) is 5.38. The normalized spacial score (nSPS) is 35.1. The molecule has 0 heterocycles. The van der Waals surface area contributed by atoms with E-state index in [0.29, 0.717) is 11.5 Å². The Balaban J connectivity index is 1.51. The van der Waals surface area contributed by atoms with E-state index in [-0.39, 0.29) is 6.03 Å². The van der Waals surface area contributed by atoms with Gasteiger partial charge in [-0.25, -0.2) is 4.79 Å². The third-order valence-corrected chi connectivity index (χ3v) is 7.24. The number of hydrogen-bond acceptors (Lipinski definition) is 1. The summed E-state index contributed by atoms with van der Waals surface area (Å²) in [5.41, 5.74) is 5.93. The summed E-state index contributed by atoms with van der Waals surface area (Å²) in [6, 6.07) is 0.0257. The maximum atomic E-state index is 11.6. The number of hydrogen-bond donors (Lipinski definition) is 2. The van der Waals surface area contributed by atoms with Gasteiger partial charge in [-0.3, -0.25) is 0 Å². The molecule has 4 rings (SSSR count). The van der Waals surface area contributed by atoms with Gasteiger partial charge in [0.05, 0.1) is 0 Å². The second-order valence-electron chi connectivity index (χ2n) is 9.25. The molecule has 1 atom stereocenters. The average Bonchev–Trinajstić information content (AvgIpc) is 2.51. The Labute approximate surface area is 148 Å². The highest BCUT2D eigenvalue weighted by molar-refractivity contribution is 5.72. The number of primary amides is 1. The van der Waals surface area contributed by atoms with Crippen LogP contribution in [0.15, 0.2) is 0 Å². The first-order chi connectivity index (χ1) is 11.6. The van der Waals surface area contributed by atoms with Gasteiger partial charge >= 0.3 is 6.03 Å². The molecule has 138 valence electrons. The minimum Gasteiger partial charge on any atom is -0.352 e. The SMILES string of the molecule is CCCCCCCCCC(NC(N)=O)C12CC3CC(CC(C3)C1)C2. The van der Waals surface area contributed by atoms with Gasteiger partial charge in [-0.1, -0.05) is 51.9 Å². The molecule has 4 bridgehead atoms. The van der Waals surface area contributed by atoms with E-state index in [1.165, 1.54) is 83.5 Å². The highest BCUT2D eigenvalue weighted by atomic mass is 16.2. The first-order valence-electron chi connectivity index (χ1n) is 10.7. The third kappa shape index (κ3) is 4.26. The molecule has 4 aliphatic rings. The molecule has 0 saturated heterocycles. The van der Waals surface area contributed by atoms with Crippen molar-refractivity contribution < 1.29 is 4.79 Å². The maximum absolute atomic E-state index is 11.6. The number of urea groups is 1. The highest BCUT2D eigenvalue weighted by Crippen LogP contribution is 2.61. The number of nitrogens with two attached hydrogens (primary N) is 1. The van der Waals surface area contributed by atoms with Gasteiger partial charge < -0.3 is 11.1 Å². The van der Waals surface area contributed by atoms with Gasteiger partial charge in [0.15, 0.2) is 0 Å². The first-order valence-corrected chi connectivity index (χ1v) is 10.7. The monoisotopic (exact) mass is 334 g/mol. The summed E-state index contributed by atoms with van der Waals surface area (Å²) >= 11 is 0. The average molecular weight is 335 g/mol. The number of unbranched alkanes of at least 4 members (excludes halogenated alkanes) is 6. The number of nitrogens with one attached hydrogen (secondary N) is 1. The van der Waals surface area contributed by atoms with E-state index in [9.17, 15) is 4.79 Å². The van der Waals surface area contributed by atoms with E-state index >= 15 is 0 Å². The van der Waals surface area contributed by atoms with Gasteiger partial charge in [0.1, 0.15) is 0 Å². The van der Waals surface area contributed by atoms with Crippen molar-refractivity contribution in [3.63, 3.8) is 0 Å². The highest BCUT2D eigenvalue weighted by Gasteiger charge is 2.54. The van der Waals surface area contributed by atoms with E-state index in [4.69, 9.17) is 5.73 Å². The summed E-state index contributed by atoms with van der Waals surface area (Å²) in [5.74, 6) is 2.80. The summed E-state index contributed by atoms with van der Waals surface area (Å²) in [7, 11) is 0. The summed E-state index contributed by atoms with van der Waals surface area (Å²) in [6.07, 6.45) is 18.9. The van der Waals surface area contributed by atoms with Crippen LogP contribution in [0, 0.1) is 23.2 Å². The molecule has 3 N–H and O–H groups in total. The Bertz CT molecular complexity index is 385. The lowest BCUT2D eigenvalue weighted by molar-refractivity contribution is -0.0731. The Hall–Kier alpha value is -0.730. The minimum absolute atomic E-state index is 0.307.